The molecule has 1 aromatic carbocycles. The molecule has 0 radical (unpaired) electrons. The Morgan fingerprint density at radius 3 is 2.78 bits per heavy atom. The van der Waals surface area contributed by atoms with Crippen molar-refractivity contribution in [3.8, 4) is 11.5 Å². The number of ether oxygens (including phenoxy) is 3. The third-order valence-electron chi connectivity index (χ3n) is 3.52. The zero-order valence-electron chi connectivity index (χ0n) is 13.5. The fraction of sp³-hybridized carbons (Fsp3) is 0.412. The number of amides is 1. The van der Waals surface area contributed by atoms with Crippen LogP contribution in [0.1, 0.15) is 32.8 Å². The molecule has 0 aliphatic carbocycles. The van der Waals surface area contributed by atoms with Gasteiger partial charge in [-0.2, -0.15) is 0 Å². The van der Waals surface area contributed by atoms with Crippen molar-refractivity contribution in [3.05, 3.63) is 29.8 Å². The maximum Gasteiger partial charge on any atom is 0.331 e. The van der Waals surface area contributed by atoms with Crippen molar-refractivity contribution in [3.63, 3.8) is 0 Å². The Morgan fingerprint density at radius 2 is 2.04 bits per heavy atom. The summed E-state index contributed by atoms with van der Waals surface area (Å²) < 4.78 is 15.4. The van der Waals surface area contributed by atoms with Gasteiger partial charge in [0.05, 0.1) is 0 Å². The molecule has 1 aromatic rings. The number of benzene rings is 1. The van der Waals surface area contributed by atoms with E-state index in [0.29, 0.717) is 11.5 Å². The first kappa shape index (κ1) is 16.9. The molecule has 1 amide bonds. The molecule has 0 bridgehead atoms. The molecule has 0 saturated heterocycles. The number of carbonyl (C=O) groups is 2. The highest BCUT2D eigenvalue weighted by atomic mass is 16.7. The monoisotopic (exact) mass is 319 g/mol. The Balaban J connectivity index is 1.81. The maximum atomic E-state index is 11.7. The maximum absolute atomic E-state index is 11.7. The van der Waals surface area contributed by atoms with E-state index in [9.17, 15) is 9.59 Å². The van der Waals surface area contributed by atoms with E-state index in [0.717, 1.165) is 12.0 Å². The number of hydrogen-bond acceptors (Lipinski definition) is 5. The van der Waals surface area contributed by atoms with E-state index in [1.807, 2.05) is 20.8 Å². The molecule has 0 aromatic heterocycles. The molecule has 0 unspecified atom stereocenters. The summed E-state index contributed by atoms with van der Waals surface area (Å²) >= 11 is 0. The lowest BCUT2D eigenvalue weighted by atomic mass is 10.0. The van der Waals surface area contributed by atoms with Gasteiger partial charge in [-0.25, -0.2) is 4.79 Å². The average Bonchev–Trinajstić information content (AvgIpc) is 2.98. The van der Waals surface area contributed by atoms with Crippen LogP contribution in [0.25, 0.3) is 6.08 Å². The predicted molar refractivity (Wildman–Crippen MR) is 85.1 cm³/mol. The van der Waals surface area contributed by atoms with E-state index < -0.39 is 5.97 Å². The molecule has 1 heterocycles. The molecule has 1 aliphatic rings. The van der Waals surface area contributed by atoms with Crippen LogP contribution in [-0.4, -0.2) is 30.8 Å². The zero-order valence-corrected chi connectivity index (χ0v) is 13.5. The van der Waals surface area contributed by atoms with Crippen molar-refractivity contribution in [1.29, 1.82) is 0 Å². The van der Waals surface area contributed by atoms with Gasteiger partial charge >= 0.3 is 5.97 Å². The molecular weight excluding hydrogens is 298 g/mol. The van der Waals surface area contributed by atoms with Crippen LogP contribution in [0.5, 0.6) is 11.5 Å². The van der Waals surface area contributed by atoms with Gasteiger partial charge in [-0.1, -0.05) is 13.0 Å². The molecule has 0 fully saturated rings. The zero-order chi connectivity index (χ0) is 16.9. The first-order valence-corrected chi connectivity index (χ1v) is 7.45. The Bertz CT molecular complexity index is 621. The lowest BCUT2D eigenvalue weighted by molar-refractivity contribution is -0.144. The van der Waals surface area contributed by atoms with Gasteiger partial charge in [0.25, 0.3) is 5.91 Å². The normalized spacial score (nSPS) is 13.2. The first-order chi connectivity index (χ1) is 10.9. The van der Waals surface area contributed by atoms with Gasteiger partial charge < -0.3 is 19.5 Å². The third kappa shape index (κ3) is 5.02. The van der Waals surface area contributed by atoms with Crippen LogP contribution in [-0.2, 0) is 14.3 Å². The highest BCUT2D eigenvalue weighted by Crippen LogP contribution is 2.32. The molecule has 124 valence electrons. The molecule has 0 spiro atoms. The lowest BCUT2D eigenvalue weighted by Crippen LogP contribution is -2.44. The molecule has 1 aliphatic heterocycles. The average molecular weight is 319 g/mol. The molecule has 6 heteroatoms. The minimum absolute atomic E-state index is 0.202. The third-order valence-corrected chi connectivity index (χ3v) is 3.52. The van der Waals surface area contributed by atoms with Crippen molar-refractivity contribution in [2.24, 2.45) is 0 Å². The SMILES string of the molecule is CCC(C)(C)NC(=O)COC(=O)/C=C/c1ccc2c(c1)OCO2. The van der Waals surface area contributed by atoms with E-state index in [-0.39, 0.29) is 24.8 Å². The largest absolute Gasteiger partial charge is 0.454 e. The lowest BCUT2D eigenvalue weighted by Gasteiger charge is -2.24. The quantitative estimate of drug-likeness (QED) is 0.643. The van der Waals surface area contributed by atoms with Gasteiger partial charge in [-0.05, 0) is 44.0 Å². The van der Waals surface area contributed by atoms with E-state index in [4.69, 9.17) is 14.2 Å². The number of esters is 1. The van der Waals surface area contributed by atoms with Gasteiger partial charge in [0, 0.05) is 11.6 Å². The van der Waals surface area contributed by atoms with Crippen molar-refractivity contribution >= 4 is 18.0 Å². The Morgan fingerprint density at radius 1 is 1.30 bits per heavy atom. The highest BCUT2D eigenvalue weighted by Gasteiger charge is 2.18. The Kier molecular flexibility index (Phi) is 5.26. The molecule has 6 nitrogen and oxygen atoms in total. The highest BCUT2D eigenvalue weighted by molar-refractivity contribution is 5.89. The van der Waals surface area contributed by atoms with E-state index in [1.165, 1.54) is 6.08 Å². The van der Waals surface area contributed by atoms with Crippen LogP contribution in [0.15, 0.2) is 24.3 Å². The van der Waals surface area contributed by atoms with Crippen LogP contribution in [0.4, 0.5) is 0 Å². The molecule has 1 N–H and O–H groups in total. The van der Waals surface area contributed by atoms with Crippen LogP contribution in [0.3, 0.4) is 0 Å². The summed E-state index contributed by atoms with van der Waals surface area (Å²) in [6.45, 7) is 5.69. The van der Waals surface area contributed by atoms with Gasteiger partial charge in [-0.15, -0.1) is 0 Å². The number of nitrogens with one attached hydrogen (secondary N) is 1. The molecule has 23 heavy (non-hydrogen) atoms. The molecule has 2 rings (SSSR count). The van der Waals surface area contributed by atoms with Crippen molar-refractivity contribution in [1.82, 2.24) is 5.32 Å². The molecule has 0 saturated carbocycles. The first-order valence-electron chi connectivity index (χ1n) is 7.45. The number of hydrogen-bond donors (Lipinski definition) is 1. The minimum Gasteiger partial charge on any atom is -0.454 e. The van der Waals surface area contributed by atoms with Crippen molar-refractivity contribution in [2.45, 2.75) is 32.7 Å². The second-order valence-electron chi connectivity index (χ2n) is 5.84. The fourth-order valence-electron chi connectivity index (χ4n) is 1.87. The number of rotatable bonds is 6. The summed E-state index contributed by atoms with van der Waals surface area (Å²) in [5, 5.41) is 2.79. The molecule has 0 atom stereocenters. The van der Waals surface area contributed by atoms with Crippen molar-refractivity contribution < 1.29 is 23.8 Å². The number of carbonyl (C=O) groups excluding carboxylic acids is 2. The standard InChI is InChI=1S/C17H21NO5/c1-4-17(2,3)18-15(19)10-21-16(20)8-6-12-5-7-13-14(9-12)23-11-22-13/h5-9H,4,10-11H2,1-3H3,(H,18,19)/b8-6+. The van der Waals surface area contributed by atoms with Gasteiger partial charge in [0.1, 0.15) is 0 Å². The second kappa shape index (κ2) is 7.17. The van der Waals surface area contributed by atoms with Crippen LogP contribution >= 0.6 is 0 Å². The van der Waals surface area contributed by atoms with Crippen molar-refractivity contribution in [2.75, 3.05) is 13.4 Å². The van der Waals surface area contributed by atoms with E-state index >= 15 is 0 Å². The van der Waals surface area contributed by atoms with Gasteiger partial charge in [0.2, 0.25) is 6.79 Å². The summed E-state index contributed by atoms with van der Waals surface area (Å²) in [4.78, 5) is 23.3. The van der Waals surface area contributed by atoms with E-state index in [2.05, 4.69) is 5.32 Å². The summed E-state index contributed by atoms with van der Waals surface area (Å²) in [7, 11) is 0. The van der Waals surface area contributed by atoms with Gasteiger partial charge in [-0.3, -0.25) is 4.79 Å². The summed E-state index contributed by atoms with van der Waals surface area (Å²) in [6.07, 6.45) is 3.66. The van der Waals surface area contributed by atoms with E-state index in [1.54, 1.807) is 24.3 Å². The van der Waals surface area contributed by atoms with Crippen LogP contribution < -0.4 is 14.8 Å². The number of fused-ring (bicyclic) bond motifs is 1. The van der Waals surface area contributed by atoms with Gasteiger partial charge in [0.15, 0.2) is 18.1 Å². The summed E-state index contributed by atoms with van der Waals surface area (Å²) in [5.41, 5.74) is 0.467. The predicted octanol–water partition coefficient (Wildman–Crippen LogP) is 2.28. The minimum atomic E-state index is -0.577. The smallest absolute Gasteiger partial charge is 0.331 e. The second-order valence-corrected chi connectivity index (χ2v) is 5.84. The Labute approximate surface area is 135 Å². The summed E-state index contributed by atoms with van der Waals surface area (Å²) in [5.74, 6) is 0.426. The summed E-state index contributed by atoms with van der Waals surface area (Å²) in [6, 6.07) is 5.34. The Hall–Kier alpha value is -2.50. The van der Waals surface area contributed by atoms with Crippen LogP contribution in [0, 0.1) is 0 Å². The fourth-order valence-corrected chi connectivity index (χ4v) is 1.87. The molecular formula is C17H21NO5. The van der Waals surface area contributed by atoms with Crippen LogP contribution in [0.2, 0.25) is 0 Å². The topological polar surface area (TPSA) is 73.9 Å².